The smallest absolute Gasteiger partial charge is 0.246 e. The molecule has 0 saturated heterocycles. The average Bonchev–Trinajstić information content (AvgIpc) is 2.31. The van der Waals surface area contributed by atoms with Crippen molar-refractivity contribution in [1.29, 1.82) is 0 Å². The van der Waals surface area contributed by atoms with E-state index in [4.69, 9.17) is 10.5 Å². The summed E-state index contributed by atoms with van der Waals surface area (Å²) in [5.41, 5.74) is 5.07. The molecule has 1 rings (SSSR count). The molecule has 0 aliphatic heterocycles. The van der Waals surface area contributed by atoms with Gasteiger partial charge in [-0.1, -0.05) is 0 Å². The van der Waals surface area contributed by atoms with Gasteiger partial charge in [0.1, 0.15) is 11.6 Å². The molecule has 0 fully saturated rings. The van der Waals surface area contributed by atoms with Gasteiger partial charge < -0.3 is 10.5 Å². The number of anilines is 1. The van der Waals surface area contributed by atoms with E-state index in [0.29, 0.717) is 19.4 Å². The average molecular weight is 322 g/mol. The van der Waals surface area contributed by atoms with Gasteiger partial charge in [-0.2, -0.15) is 0 Å². The van der Waals surface area contributed by atoms with Crippen LogP contribution in [0.1, 0.15) is 26.7 Å². The second-order valence-electron chi connectivity index (χ2n) is 4.84. The van der Waals surface area contributed by atoms with Crippen molar-refractivity contribution >= 4 is 15.7 Å². The third-order valence-electron chi connectivity index (χ3n) is 2.60. The van der Waals surface area contributed by atoms with Crippen molar-refractivity contribution < 1.29 is 21.9 Å². The van der Waals surface area contributed by atoms with Crippen LogP contribution in [0, 0.1) is 11.6 Å². The van der Waals surface area contributed by atoms with Crippen molar-refractivity contribution in [2.75, 3.05) is 18.9 Å². The number of rotatable bonds is 8. The molecule has 21 heavy (non-hydrogen) atoms. The van der Waals surface area contributed by atoms with Crippen LogP contribution in [0.2, 0.25) is 0 Å². The highest BCUT2D eigenvalue weighted by molar-refractivity contribution is 7.89. The summed E-state index contributed by atoms with van der Waals surface area (Å²) < 4.78 is 58.3. The molecule has 120 valence electrons. The Morgan fingerprint density at radius 3 is 2.33 bits per heavy atom. The van der Waals surface area contributed by atoms with Crippen LogP contribution in [0.25, 0.3) is 0 Å². The summed E-state index contributed by atoms with van der Waals surface area (Å²) in [4.78, 5) is -1.00. The normalized spacial score (nSPS) is 12.0. The first-order valence-corrected chi connectivity index (χ1v) is 8.08. The fourth-order valence-electron chi connectivity index (χ4n) is 1.66. The van der Waals surface area contributed by atoms with Gasteiger partial charge in [0, 0.05) is 18.8 Å². The number of benzene rings is 1. The summed E-state index contributed by atoms with van der Waals surface area (Å²) in [6, 6.07) is 1.54. The van der Waals surface area contributed by atoms with Crippen molar-refractivity contribution in [1.82, 2.24) is 4.72 Å². The Balaban J connectivity index is 2.59. The molecule has 0 amide bonds. The quantitative estimate of drug-likeness (QED) is 0.567. The van der Waals surface area contributed by atoms with E-state index in [2.05, 4.69) is 4.72 Å². The number of nitrogen functional groups attached to an aromatic ring is 1. The van der Waals surface area contributed by atoms with Crippen LogP contribution in [0.5, 0.6) is 0 Å². The maximum absolute atomic E-state index is 13.6. The van der Waals surface area contributed by atoms with Gasteiger partial charge in [0.15, 0.2) is 4.90 Å². The number of unbranched alkanes of at least 4 members (excludes halogenated alkanes) is 1. The van der Waals surface area contributed by atoms with Crippen LogP contribution >= 0.6 is 0 Å². The molecule has 0 heterocycles. The van der Waals surface area contributed by atoms with Gasteiger partial charge in [0.2, 0.25) is 10.0 Å². The van der Waals surface area contributed by atoms with E-state index in [-0.39, 0.29) is 18.3 Å². The minimum atomic E-state index is -4.24. The molecular formula is C13H20F2N2O3S. The number of nitrogens with one attached hydrogen (secondary N) is 1. The Morgan fingerprint density at radius 1 is 1.24 bits per heavy atom. The molecule has 1 aromatic carbocycles. The first-order chi connectivity index (χ1) is 9.74. The zero-order valence-electron chi connectivity index (χ0n) is 12.0. The van der Waals surface area contributed by atoms with Gasteiger partial charge in [-0.3, -0.25) is 0 Å². The van der Waals surface area contributed by atoms with Crippen molar-refractivity contribution in [2.24, 2.45) is 0 Å². The molecule has 3 N–H and O–H groups in total. The van der Waals surface area contributed by atoms with Crippen molar-refractivity contribution in [2.45, 2.75) is 37.7 Å². The Morgan fingerprint density at radius 2 is 1.81 bits per heavy atom. The first kappa shape index (κ1) is 17.8. The fourth-order valence-corrected chi connectivity index (χ4v) is 2.85. The van der Waals surface area contributed by atoms with Crippen LogP contribution in [0.4, 0.5) is 14.5 Å². The number of nitrogens with two attached hydrogens (primary N) is 1. The molecule has 0 bridgehead atoms. The standard InChI is InChI=1S/C13H20F2N2O3S/c1-9(2)20-6-4-3-5-17-21(18,19)13-11(14)7-10(16)8-12(13)15/h7-9,17H,3-6,16H2,1-2H3. The minimum Gasteiger partial charge on any atom is -0.399 e. The predicted octanol–water partition coefficient (Wildman–Crippen LogP) is 2.03. The van der Waals surface area contributed by atoms with Crippen LogP contribution in [0.3, 0.4) is 0 Å². The third kappa shape index (κ3) is 5.56. The Labute approximate surface area is 123 Å². The van der Waals surface area contributed by atoms with Crippen LogP contribution < -0.4 is 10.5 Å². The molecule has 0 saturated carbocycles. The fraction of sp³-hybridized carbons (Fsp3) is 0.538. The largest absolute Gasteiger partial charge is 0.399 e. The van der Waals surface area contributed by atoms with E-state index in [0.717, 1.165) is 12.1 Å². The molecule has 5 nitrogen and oxygen atoms in total. The maximum atomic E-state index is 13.6. The summed E-state index contributed by atoms with van der Waals surface area (Å²) in [5, 5.41) is 0. The van der Waals surface area contributed by atoms with Gasteiger partial charge in [-0.15, -0.1) is 0 Å². The number of hydrogen-bond donors (Lipinski definition) is 2. The maximum Gasteiger partial charge on any atom is 0.246 e. The van der Waals surface area contributed by atoms with Crippen LogP contribution in [-0.2, 0) is 14.8 Å². The van der Waals surface area contributed by atoms with Gasteiger partial charge in [-0.05, 0) is 38.8 Å². The number of ether oxygens (including phenoxy) is 1. The van der Waals surface area contributed by atoms with Crippen LogP contribution in [0.15, 0.2) is 17.0 Å². The van der Waals surface area contributed by atoms with Crippen molar-refractivity contribution in [3.8, 4) is 0 Å². The Hall–Kier alpha value is -1.25. The summed E-state index contributed by atoms with van der Waals surface area (Å²) >= 11 is 0. The van der Waals surface area contributed by atoms with Gasteiger partial charge >= 0.3 is 0 Å². The Kier molecular flexibility index (Phi) is 6.50. The molecule has 0 aliphatic rings. The number of halogens is 2. The van der Waals surface area contributed by atoms with Gasteiger partial charge in [0.05, 0.1) is 6.10 Å². The lowest BCUT2D eigenvalue weighted by Gasteiger charge is -2.10. The predicted molar refractivity (Wildman–Crippen MR) is 76.3 cm³/mol. The number of hydrogen-bond acceptors (Lipinski definition) is 4. The Bertz CT molecular complexity index is 554. The summed E-state index contributed by atoms with van der Waals surface area (Å²) in [7, 11) is -4.24. The summed E-state index contributed by atoms with van der Waals surface area (Å²) in [5.74, 6) is -2.41. The second kappa shape index (κ2) is 7.67. The third-order valence-corrected chi connectivity index (χ3v) is 4.12. The lowest BCUT2D eigenvalue weighted by atomic mass is 10.3. The summed E-state index contributed by atoms with van der Waals surface area (Å²) in [6.07, 6.45) is 1.26. The minimum absolute atomic E-state index is 0.0764. The van der Waals surface area contributed by atoms with E-state index in [9.17, 15) is 17.2 Å². The molecule has 8 heteroatoms. The van der Waals surface area contributed by atoms with E-state index in [1.54, 1.807) is 0 Å². The molecule has 1 aromatic rings. The highest BCUT2D eigenvalue weighted by Gasteiger charge is 2.24. The molecular weight excluding hydrogens is 302 g/mol. The molecule has 0 unspecified atom stereocenters. The monoisotopic (exact) mass is 322 g/mol. The van der Waals surface area contributed by atoms with E-state index < -0.39 is 26.6 Å². The van der Waals surface area contributed by atoms with E-state index in [1.807, 2.05) is 13.8 Å². The number of sulfonamides is 1. The van der Waals surface area contributed by atoms with Crippen molar-refractivity contribution in [3.05, 3.63) is 23.8 Å². The summed E-state index contributed by atoms with van der Waals surface area (Å²) in [6.45, 7) is 4.38. The zero-order chi connectivity index (χ0) is 16.0. The van der Waals surface area contributed by atoms with Gasteiger partial charge in [0.25, 0.3) is 0 Å². The zero-order valence-corrected chi connectivity index (χ0v) is 12.8. The molecule has 0 radical (unpaired) electrons. The molecule has 0 aliphatic carbocycles. The van der Waals surface area contributed by atoms with Crippen LogP contribution in [-0.4, -0.2) is 27.7 Å². The van der Waals surface area contributed by atoms with E-state index >= 15 is 0 Å². The van der Waals surface area contributed by atoms with Crippen molar-refractivity contribution in [3.63, 3.8) is 0 Å². The van der Waals surface area contributed by atoms with Gasteiger partial charge in [-0.25, -0.2) is 21.9 Å². The topological polar surface area (TPSA) is 81.4 Å². The lowest BCUT2D eigenvalue weighted by molar-refractivity contribution is 0.0762. The lowest BCUT2D eigenvalue weighted by Crippen LogP contribution is -2.27. The first-order valence-electron chi connectivity index (χ1n) is 6.60. The molecule has 0 spiro atoms. The second-order valence-corrected chi connectivity index (χ2v) is 6.54. The highest BCUT2D eigenvalue weighted by atomic mass is 32.2. The molecule has 0 aromatic heterocycles. The molecule has 0 atom stereocenters. The highest BCUT2D eigenvalue weighted by Crippen LogP contribution is 2.21. The SMILES string of the molecule is CC(C)OCCCCNS(=O)(=O)c1c(F)cc(N)cc1F. The van der Waals surface area contributed by atoms with E-state index in [1.165, 1.54) is 0 Å².